The highest BCUT2D eigenvalue weighted by Gasteiger charge is 2.20. The van der Waals surface area contributed by atoms with Crippen LogP contribution in [0.5, 0.6) is 5.88 Å². The molecule has 2 rings (SSSR count). The second kappa shape index (κ2) is 11.9. The molecular formula is C18H30IN5O2. The van der Waals surface area contributed by atoms with Crippen LogP contribution in [-0.2, 0) is 11.3 Å². The molecule has 0 spiro atoms. The van der Waals surface area contributed by atoms with E-state index in [2.05, 4.69) is 29.0 Å². The van der Waals surface area contributed by atoms with Gasteiger partial charge in [0.2, 0.25) is 11.8 Å². The molecule has 8 heteroatoms. The van der Waals surface area contributed by atoms with Crippen LogP contribution < -0.4 is 10.1 Å². The number of carbonyl (C=O) groups is 1. The predicted octanol–water partition coefficient (Wildman–Crippen LogP) is 2.12. The number of aromatic nitrogens is 1. The van der Waals surface area contributed by atoms with Gasteiger partial charge in [0.15, 0.2) is 5.96 Å². The first-order valence-corrected chi connectivity index (χ1v) is 9.01. The van der Waals surface area contributed by atoms with Gasteiger partial charge in [-0.25, -0.2) is 9.98 Å². The lowest BCUT2D eigenvalue weighted by Gasteiger charge is -2.36. The van der Waals surface area contributed by atoms with Crippen LogP contribution in [0.1, 0.15) is 32.8 Å². The Morgan fingerprint density at radius 1 is 1.27 bits per heavy atom. The summed E-state index contributed by atoms with van der Waals surface area (Å²) in [5.41, 5.74) is 0.980. The quantitative estimate of drug-likeness (QED) is 0.388. The van der Waals surface area contributed by atoms with Crippen molar-refractivity contribution >= 4 is 35.8 Å². The van der Waals surface area contributed by atoms with Crippen LogP contribution >= 0.6 is 24.0 Å². The van der Waals surface area contributed by atoms with E-state index in [1.54, 1.807) is 13.1 Å². The summed E-state index contributed by atoms with van der Waals surface area (Å²) in [6.45, 7) is 10.8. The van der Waals surface area contributed by atoms with Crippen molar-refractivity contribution in [2.24, 2.45) is 4.99 Å². The largest absolute Gasteiger partial charge is 0.477 e. The van der Waals surface area contributed by atoms with Crippen molar-refractivity contribution in [3.05, 3.63) is 23.9 Å². The second-order valence-electron chi connectivity index (χ2n) is 5.98. The van der Waals surface area contributed by atoms with Gasteiger partial charge in [0, 0.05) is 51.4 Å². The van der Waals surface area contributed by atoms with Gasteiger partial charge in [0.1, 0.15) is 0 Å². The number of nitrogens with one attached hydrogen (secondary N) is 1. The van der Waals surface area contributed by atoms with Gasteiger partial charge < -0.3 is 19.9 Å². The molecule has 1 saturated heterocycles. The van der Waals surface area contributed by atoms with E-state index in [1.807, 2.05) is 17.0 Å². The van der Waals surface area contributed by atoms with Gasteiger partial charge in [-0.1, -0.05) is 13.0 Å². The van der Waals surface area contributed by atoms with E-state index >= 15 is 0 Å². The summed E-state index contributed by atoms with van der Waals surface area (Å²) in [5.74, 6) is 1.66. The van der Waals surface area contributed by atoms with Gasteiger partial charge in [0.25, 0.3) is 0 Å². The maximum atomic E-state index is 11.5. The van der Waals surface area contributed by atoms with Crippen LogP contribution in [0.4, 0.5) is 0 Å². The first-order chi connectivity index (χ1) is 12.2. The summed E-state index contributed by atoms with van der Waals surface area (Å²) in [6, 6.07) is 3.90. The number of pyridine rings is 1. The van der Waals surface area contributed by atoms with Gasteiger partial charge in [-0.2, -0.15) is 0 Å². The number of piperazine rings is 1. The minimum absolute atomic E-state index is 0. The average molecular weight is 475 g/mol. The van der Waals surface area contributed by atoms with Crippen molar-refractivity contribution in [2.45, 2.75) is 33.7 Å². The third-order valence-corrected chi connectivity index (χ3v) is 4.05. The van der Waals surface area contributed by atoms with E-state index in [4.69, 9.17) is 9.73 Å². The molecule has 2 heterocycles. The normalized spacial score (nSPS) is 14.7. The molecule has 0 aliphatic carbocycles. The van der Waals surface area contributed by atoms with Gasteiger partial charge in [0.05, 0.1) is 13.2 Å². The lowest BCUT2D eigenvalue weighted by Crippen LogP contribution is -2.53. The van der Waals surface area contributed by atoms with Gasteiger partial charge in [-0.15, -0.1) is 24.0 Å². The molecule has 0 aromatic carbocycles. The fraction of sp³-hybridized carbons (Fsp3) is 0.611. The number of nitrogens with zero attached hydrogens (tertiary/aromatic N) is 4. The van der Waals surface area contributed by atoms with E-state index in [0.29, 0.717) is 19.0 Å². The van der Waals surface area contributed by atoms with Crippen LogP contribution in [0.15, 0.2) is 23.3 Å². The van der Waals surface area contributed by atoms with E-state index < -0.39 is 0 Å². The summed E-state index contributed by atoms with van der Waals surface area (Å²) >= 11 is 0. The highest BCUT2D eigenvalue weighted by molar-refractivity contribution is 14.0. The minimum Gasteiger partial charge on any atom is -0.477 e. The van der Waals surface area contributed by atoms with Crippen molar-refractivity contribution in [1.82, 2.24) is 20.1 Å². The van der Waals surface area contributed by atoms with Crippen LogP contribution in [0.2, 0.25) is 0 Å². The number of hydrogen-bond donors (Lipinski definition) is 1. The number of aliphatic imine (C=N–C) groups is 1. The summed E-state index contributed by atoms with van der Waals surface area (Å²) in [5, 5.41) is 3.34. The van der Waals surface area contributed by atoms with E-state index in [0.717, 1.165) is 50.7 Å². The topological polar surface area (TPSA) is 70.1 Å². The number of rotatable bonds is 6. The lowest BCUT2D eigenvalue weighted by atomic mass is 10.2. The van der Waals surface area contributed by atoms with Gasteiger partial charge in [-0.3, -0.25) is 4.79 Å². The molecule has 26 heavy (non-hydrogen) atoms. The number of ether oxygens (including phenoxy) is 1. The Bertz CT molecular complexity index is 589. The molecule has 146 valence electrons. The summed E-state index contributed by atoms with van der Waals surface area (Å²) < 4.78 is 5.71. The van der Waals surface area contributed by atoms with Crippen LogP contribution in [0.3, 0.4) is 0 Å². The van der Waals surface area contributed by atoms with Gasteiger partial charge >= 0.3 is 0 Å². The fourth-order valence-corrected chi connectivity index (χ4v) is 2.69. The maximum absolute atomic E-state index is 11.5. The monoisotopic (exact) mass is 475 g/mol. The van der Waals surface area contributed by atoms with Gasteiger partial charge in [-0.05, 0) is 19.4 Å². The zero-order valence-electron chi connectivity index (χ0n) is 15.9. The number of carbonyl (C=O) groups excluding carboxylic acids is 1. The number of amides is 1. The lowest BCUT2D eigenvalue weighted by molar-refractivity contribution is -0.130. The summed E-state index contributed by atoms with van der Waals surface area (Å²) in [7, 11) is 0. The molecule has 0 radical (unpaired) electrons. The molecule has 1 aliphatic heterocycles. The Balaban J connectivity index is 0.00000338. The molecule has 1 amide bonds. The van der Waals surface area contributed by atoms with Crippen LogP contribution in [0.25, 0.3) is 0 Å². The first kappa shape index (κ1) is 22.5. The van der Waals surface area contributed by atoms with E-state index in [9.17, 15) is 4.79 Å². The smallest absolute Gasteiger partial charge is 0.219 e. The Morgan fingerprint density at radius 3 is 2.58 bits per heavy atom. The Labute approximate surface area is 173 Å². The maximum Gasteiger partial charge on any atom is 0.219 e. The number of halogens is 1. The third-order valence-electron chi connectivity index (χ3n) is 4.05. The van der Waals surface area contributed by atoms with Crippen molar-refractivity contribution in [3.63, 3.8) is 0 Å². The molecule has 0 unspecified atom stereocenters. The molecule has 7 nitrogen and oxygen atoms in total. The van der Waals surface area contributed by atoms with Crippen LogP contribution in [0, 0.1) is 0 Å². The molecule has 0 bridgehead atoms. The van der Waals surface area contributed by atoms with E-state index in [-0.39, 0.29) is 29.9 Å². The molecule has 1 aromatic heterocycles. The molecule has 1 aliphatic rings. The van der Waals surface area contributed by atoms with Crippen molar-refractivity contribution in [1.29, 1.82) is 0 Å². The highest BCUT2D eigenvalue weighted by atomic mass is 127. The average Bonchev–Trinajstić information content (AvgIpc) is 2.64. The van der Waals surface area contributed by atoms with Crippen LogP contribution in [-0.4, -0.2) is 66.0 Å². The molecule has 0 atom stereocenters. The Hall–Kier alpha value is -1.58. The SMILES string of the molecule is CCCOc1ncccc1CN=C(NCC)N1CCN(C(C)=O)CC1.I. The van der Waals surface area contributed by atoms with Crippen molar-refractivity contribution in [3.8, 4) is 5.88 Å². The fourth-order valence-electron chi connectivity index (χ4n) is 2.69. The molecule has 1 N–H and O–H groups in total. The Morgan fingerprint density at radius 2 is 1.96 bits per heavy atom. The second-order valence-corrected chi connectivity index (χ2v) is 5.98. The Kier molecular flexibility index (Phi) is 10.3. The molecule has 1 fully saturated rings. The molecule has 0 saturated carbocycles. The molecule has 1 aromatic rings. The van der Waals surface area contributed by atoms with E-state index in [1.165, 1.54) is 0 Å². The first-order valence-electron chi connectivity index (χ1n) is 9.01. The minimum atomic E-state index is 0. The van der Waals surface area contributed by atoms with Crippen molar-refractivity contribution < 1.29 is 9.53 Å². The highest BCUT2D eigenvalue weighted by Crippen LogP contribution is 2.16. The third kappa shape index (κ3) is 6.62. The standard InChI is InChI=1S/C18H29N5O2.HI/c1-4-13-25-17-16(7-6-8-20-17)14-21-18(19-5-2)23-11-9-22(10-12-23)15(3)24;/h6-8H,4-5,9-14H2,1-3H3,(H,19,21);1H. The zero-order chi connectivity index (χ0) is 18.1. The predicted molar refractivity (Wildman–Crippen MR) is 114 cm³/mol. The summed E-state index contributed by atoms with van der Waals surface area (Å²) in [4.78, 5) is 24.6. The zero-order valence-corrected chi connectivity index (χ0v) is 18.2. The summed E-state index contributed by atoms with van der Waals surface area (Å²) in [6.07, 6.45) is 2.69. The number of guanidine groups is 1. The molecular weight excluding hydrogens is 445 g/mol. The van der Waals surface area contributed by atoms with Crippen molar-refractivity contribution in [2.75, 3.05) is 39.3 Å². The number of hydrogen-bond acceptors (Lipinski definition) is 4.